The van der Waals surface area contributed by atoms with Crippen molar-refractivity contribution in [1.82, 2.24) is 4.90 Å². The number of hydrogen-bond donors (Lipinski definition) is 0. The van der Waals surface area contributed by atoms with Crippen LogP contribution in [0.5, 0.6) is 0 Å². The molecule has 0 radical (unpaired) electrons. The van der Waals surface area contributed by atoms with Crippen molar-refractivity contribution in [2.45, 2.75) is 44.0 Å². The number of amides is 1. The maximum Gasteiger partial charge on any atom is 0.264 e. The lowest BCUT2D eigenvalue weighted by Gasteiger charge is -2.31. The summed E-state index contributed by atoms with van der Waals surface area (Å²) in [7, 11) is 0.998. The highest BCUT2D eigenvalue weighted by molar-refractivity contribution is 8.13. The summed E-state index contributed by atoms with van der Waals surface area (Å²) < 4.78 is 36.7. The second kappa shape index (κ2) is 5.25. The quantitative estimate of drug-likeness (QED) is 0.781. The number of hydrogen-bond acceptors (Lipinski definition) is 3. The normalized spacial score (nSPS) is 18.0. The van der Waals surface area contributed by atoms with E-state index >= 15 is 0 Å². The lowest BCUT2D eigenvalue weighted by Crippen LogP contribution is -2.42. The van der Waals surface area contributed by atoms with Crippen molar-refractivity contribution in [3.63, 3.8) is 0 Å². The fourth-order valence-electron chi connectivity index (χ4n) is 2.68. The van der Waals surface area contributed by atoms with Gasteiger partial charge in [0.25, 0.3) is 15.0 Å². The van der Waals surface area contributed by atoms with Crippen LogP contribution in [0.25, 0.3) is 0 Å². The summed E-state index contributed by atoms with van der Waals surface area (Å²) in [4.78, 5) is 13.6. The summed E-state index contributed by atoms with van der Waals surface area (Å²) in [6, 6.07) is 2.37. The summed E-state index contributed by atoms with van der Waals surface area (Å²) >= 11 is 0. The molecule has 7 heteroatoms. The van der Waals surface area contributed by atoms with Crippen LogP contribution in [0.1, 0.15) is 42.6 Å². The summed E-state index contributed by atoms with van der Waals surface area (Å²) in [5, 5.41) is 0. The lowest BCUT2D eigenvalue weighted by atomic mass is 10.0. The highest BCUT2D eigenvalue weighted by Gasteiger charge is 2.36. The van der Waals surface area contributed by atoms with Crippen molar-refractivity contribution in [2.75, 3.05) is 6.54 Å². The first-order valence-electron chi connectivity index (χ1n) is 6.61. The van der Waals surface area contributed by atoms with E-state index in [1.807, 2.05) is 13.8 Å². The summed E-state index contributed by atoms with van der Waals surface area (Å²) in [6.45, 7) is 5.92. The fraction of sp³-hybridized carbons (Fsp3) is 0.500. The van der Waals surface area contributed by atoms with Gasteiger partial charge in [0.05, 0.1) is 0 Å². The van der Waals surface area contributed by atoms with Gasteiger partial charge < -0.3 is 4.90 Å². The molecule has 1 aliphatic heterocycles. The van der Waals surface area contributed by atoms with Gasteiger partial charge in [-0.05, 0) is 51.3 Å². The topological polar surface area (TPSA) is 54.5 Å². The van der Waals surface area contributed by atoms with Gasteiger partial charge in [-0.1, -0.05) is 0 Å². The van der Waals surface area contributed by atoms with Gasteiger partial charge in [-0.25, -0.2) is 12.8 Å². The van der Waals surface area contributed by atoms with Crippen LogP contribution in [0, 0.1) is 12.7 Å². The van der Waals surface area contributed by atoms with E-state index in [1.165, 1.54) is 13.0 Å². The van der Waals surface area contributed by atoms with E-state index in [9.17, 15) is 17.6 Å². The minimum Gasteiger partial charge on any atom is -0.334 e. The second-order valence-corrected chi connectivity index (χ2v) is 8.45. The van der Waals surface area contributed by atoms with Crippen LogP contribution in [0.15, 0.2) is 17.0 Å². The van der Waals surface area contributed by atoms with Crippen molar-refractivity contribution in [1.29, 1.82) is 0 Å². The van der Waals surface area contributed by atoms with Crippen LogP contribution in [0.3, 0.4) is 0 Å². The molecule has 1 saturated heterocycles. The molecule has 0 aliphatic carbocycles. The van der Waals surface area contributed by atoms with Gasteiger partial charge in [0.1, 0.15) is 10.7 Å². The molecule has 0 atom stereocenters. The Hall–Kier alpha value is -1.14. The molecule has 1 heterocycles. The van der Waals surface area contributed by atoms with Crippen LogP contribution < -0.4 is 0 Å². The second-order valence-electron chi connectivity index (χ2n) is 5.92. The SMILES string of the molecule is Cc1cc(C(=O)N2CCCC2(C)C)cc(S(=O)(=O)Cl)c1F. The lowest BCUT2D eigenvalue weighted by molar-refractivity contribution is 0.0651. The van der Waals surface area contributed by atoms with Crippen LogP contribution in [-0.2, 0) is 9.05 Å². The first kappa shape index (κ1) is 16.2. The Morgan fingerprint density at radius 2 is 2.00 bits per heavy atom. The smallest absolute Gasteiger partial charge is 0.264 e. The van der Waals surface area contributed by atoms with Gasteiger partial charge in [-0.2, -0.15) is 0 Å². The fourth-order valence-corrected chi connectivity index (χ4v) is 3.66. The number of benzene rings is 1. The highest BCUT2D eigenvalue weighted by Crippen LogP contribution is 2.31. The van der Waals surface area contributed by atoms with Crippen LogP contribution in [0.2, 0.25) is 0 Å². The zero-order valence-corrected chi connectivity index (χ0v) is 13.7. The predicted molar refractivity (Wildman–Crippen MR) is 78.5 cm³/mol. The standard InChI is InChI=1S/C14H17ClFNO3S/c1-9-7-10(8-11(12(9)16)21(15,19)20)13(18)17-6-4-5-14(17,2)3/h7-8H,4-6H2,1-3H3. The third-order valence-corrected chi connectivity index (χ3v) is 5.20. The molecule has 116 valence electrons. The molecule has 1 aromatic carbocycles. The number of carbonyl (C=O) groups is 1. The van der Waals surface area contributed by atoms with Crippen molar-refractivity contribution < 1.29 is 17.6 Å². The molecule has 4 nitrogen and oxygen atoms in total. The average molecular weight is 334 g/mol. The Kier molecular flexibility index (Phi) is 4.06. The largest absolute Gasteiger partial charge is 0.334 e. The molecule has 0 bridgehead atoms. The third kappa shape index (κ3) is 3.06. The van der Waals surface area contributed by atoms with Gasteiger partial charge in [0.2, 0.25) is 0 Å². The Labute approximate surface area is 128 Å². The Morgan fingerprint density at radius 1 is 1.38 bits per heavy atom. The summed E-state index contributed by atoms with van der Waals surface area (Å²) in [6.07, 6.45) is 1.76. The molecule has 0 unspecified atom stereocenters. The van der Waals surface area contributed by atoms with Gasteiger partial charge in [0, 0.05) is 28.3 Å². The number of carbonyl (C=O) groups excluding carboxylic acids is 1. The van der Waals surface area contributed by atoms with Crippen molar-refractivity contribution in [3.8, 4) is 0 Å². The third-order valence-electron chi connectivity index (χ3n) is 3.88. The molecule has 2 rings (SSSR count). The zero-order chi connectivity index (χ0) is 16.0. The van der Waals surface area contributed by atoms with Gasteiger partial charge in [0.15, 0.2) is 0 Å². The van der Waals surface area contributed by atoms with Crippen LogP contribution >= 0.6 is 10.7 Å². The molecule has 1 aromatic rings. The molecule has 1 fully saturated rings. The van der Waals surface area contributed by atoms with E-state index in [-0.39, 0.29) is 22.6 Å². The van der Waals surface area contributed by atoms with Crippen LogP contribution in [-0.4, -0.2) is 31.3 Å². The van der Waals surface area contributed by atoms with Crippen molar-refractivity contribution in [2.24, 2.45) is 0 Å². The zero-order valence-electron chi connectivity index (χ0n) is 12.1. The van der Waals surface area contributed by atoms with E-state index in [0.29, 0.717) is 6.54 Å². The van der Waals surface area contributed by atoms with Gasteiger partial charge in [-0.15, -0.1) is 0 Å². The van der Waals surface area contributed by atoms with Crippen molar-refractivity contribution in [3.05, 3.63) is 29.1 Å². The number of nitrogens with zero attached hydrogens (tertiary/aromatic N) is 1. The average Bonchev–Trinajstić information content (AvgIpc) is 2.69. The molecule has 1 aliphatic rings. The summed E-state index contributed by atoms with van der Waals surface area (Å²) in [5.74, 6) is -1.22. The summed E-state index contributed by atoms with van der Waals surface area (Å²) in [5.41, 5.74) is -0.0699. The van der Waals surface area contributed by atoms with E-state index in [2.05, 4.69) is 0 Å². The van der Waals surface area contributed by atoms with Gasteiger partial charge >= 0.3 is 0 Å². The highest BCUT2D eigenvalue weighted by atomic mass is 35.7. The first-order chi connectivity index (χ1) is 9.54. The molecule has 0 spiro atoms. The number of likely N-dealkylation sites (tertiary alicyclic amines) is 1. The van der Waals surface area contributed by atoms with E-state index in [0.717, 1.165) is 18.9 Å². The molecular formula is C14H17ClFNO3S. The van der Waals surface area contributed by atoms with Crippen LogP contribution in [0.4, 0.5) is 4.39 Å². The number of halogens is 2. The molecule has 0 aromatic heterocycles. The Bertz CT molecular complexity index is 700. The monoisotopic (exact) mass is 333 g/mol. The predicted octanol–water partition coefficient (Wildman–Crippen LogP) is 3.08. The first-order valence-corrected chi connectivity index (χ1v) is 8.92. The molecule has 0 saturated carbocycles. The van der Waals surface area contributed by atoms with E-state index < -0.39 is 19.8 Å². The van der Waals surface area contributed by atoms with E-state index in [4.69, 9.17) is 10.7 Å². The van der Waals surface area contributed by atoms with Gasteiger partial charge in [-0.3, -0.25) is 4.79 Å². The van der Waals surface area contributed by atoms with Crippen molar-refractivity contribution >= 4 is 25.6 Å². The molecule has 0 N–H and O–H groups in total. The Morgan fingerprint density at radius 3 is 2.48 bits per heavy atom. The minimum atomic E-state index is -4.24. The maximum absolute atomic E-state index is 13.9. The minimum absolute atomic E-state index is 0.0806. The molecular weight excluding hydrogens is 317 g/mol. The molecule has 21 heavy (non-hydrogen) atoms. The molecule has 1 amide bonds. The van der Waals surface area contributed by atoms with E-state index in [1.54, 1.807) is 4.90 Å². The number of aryl methyl sites for hydroxylation is 1. The number of rotatable bonds is 2. The Balaban J connectivity index is 2.51. The maximum atomic E-state index is 13.9.